The number of rotatable bonds is 6. The molecular weight excluding hydrogens is 240 g/mol. The molecule has 14 heavy (non-hydrogen) atoms. The molecule has 0 unspecified atom stereocenters. The van der Waals surface area contributed by atoms with Gasteiger partial charge in [-0.1, -0.05) is 12.2 Å². The maximum absolute atomic E-state index is 9.96. The molecule has 0 aliphatic carbocycles. The predicted octanol–water partition coefficient (Wildman–Crippen LogP) is -0.819. The van der Waals surface area contributed by atoms with Crippen LogP contribution in [0.25, 0.3) is 0 Å². The zero-order valence-electron chi connectivity index (χ0n) is 6.73. The van der Waals surface area contributed by atoms with Gasteiger partial charge in [0, 0.05) is 0 Å². The number of hydrogen-bond donors (Lipinski definition) is 2. The van der Waals surface area contributed by atoms with Crippen molar-refractivity contribution < 1.29 is 34.3 Å². The Hall–Kier alpha value is -0.520. The summed E-state index contributed by atoms with van der Waals surface area (Å²) in [5, 5.41) is 0. The van der Waals surface area contributed by atoms with Crippen LogP contribution in [-0.2, 0) is 29.2 Å². The second-order valence-electron chi connectivity index (χ2n) is 1.90. The molecule has 0 rings (SSSR count). The molecule has 0 amide bonds. The van der Waals surface area contributed by atoms with Crippen LogP contribution in [-0.4, -0.2) is 39.2 Å². The van der Waals surface area contributed by atoms with Crippen molar-refractivity contribution in [3.8, 4) is 0 Å². The Labute approximate surface area is 81.0 Å². The fraction of sp³-hybridized carbons (Fsp3) is 0.500. The highest BCUT2D eigenvalue weighted by Gasteiger charge is 2.02. The smallest absolute Gasteiger partial charge is 0.264 e. The third-order valence-corrected chi connectivity index (χ3v) is 1.66. The molecule has 0 aromatic rings. The summed E-state index contributed by atoms with van der Waals surface area (Å²) in [6.07, 6.45) is 2.16. The minimum atomic E-state index is -4.50. The van der Waals surface area contributed by atoms with E-state index in [0.717, 1.165) is 12.2 Å². The molecule has 0 spiro atoms. The van der Waals surface area contributed by atoms with Crippen LogP contribution in [0.2, 0.25) is 0 Å². The Morgan fingerprint density at radius 2 is 1.14 bits per heavy atom. The Morgan fingerprint density at radius 3 is 1.36 bits per heavy atom. The first-order valence-electron chi connectivity index (χ1n) is 3.09. The third-order valence-electron chi connectivity index (χ3n) is 0.793. The van der Waals surface area contributed by atoms with E-state index in [1.807, 2.05) is 0 Å². The summed E-state index contributed by atoms with van der Waals surface area (Å²) < 4.78 is 63.6. The molecule has 10 heteroatoms. The van der Waals surface area contributed by atoms with Crippen molar-refractivity contribution in [1.82, 2.24) is 0 Å². The van der Waals surface area contributed by atoms with Crippen LogP contribution < -0.4 is 0 Å². The molecular formula is C4H8O8S2. The van der Waals surface area contributed by atoms with Crippen LogP contribution in [0, 0.1) is 0 Å². The lowest BCUT2D eigenvalue weighted by Gasteiger charge is -1.94. The summed E-state index contributed by atoms with van der Waals surface area (Å²) in [4.78, 5) is 0. The van der Waals surface area contributed by atoms with Crippen LogP contribution in [0.15, 0.2) is 12.2 Å². The van der Waals surface area contributed by atoms with E-state index in [-0.39, 0.29) is 0 Å². The lowest BCUT2D eigenvalue weighted by atomic mass is 10.5. The lowest BCUT2D eigenvalue weighted by Crippen LogP contribution is -2.04. The van der Waals surface area contributed by atoms with E-state index in [0.29, 0.717) is 0 Å². The highest BCUT2D eigenvalue weighted by molar-refractivity contribution is 7.81. The average molecular weight is 248 g/mol. The second-order valence-corrected chi connectivity index (χ2v) is 4.08. The first-order chi connectivity index (χ1) is 6.21. The van der Waals surface area contributed by atoms with Gasteiger partial charge in [-0.25, -0.2) is 8.37 Å². The van der Waals surface area contributed by atoms with E-state index in [1.54, 1.807) is 0 Å². The molecule has 0 aliphatic heterocycles. The molecule has 0 saturated carbocycles. The van der Waals surface area contributed by atoms with E-state index in [2.05, 4.69) is 8.37 Å². The molecule has 0 saturated heterocycles. The van der Waals surface area contributed by atoms with Crippen LogP contribution >= 0.6 is 0 Å². The Morgan fingerprint density at radius 1 is 0.857 bits per heavy atom. The highest BCUT2D eigenvalue weighted by atomic mass is 32.3. The van der Waals surface area contributed by atoms with E-state index in [9.17, 15) is 16.8 Å². The summed E-state index contributed by atoms with van der Waals surface area (Å²) in [5.41, 5.74) is 0. The average Bonchev–Trinajstić information content (AvgIpc) is 1.92. The fourth-order valence-electron chi connectivity index (χ4n) is 0.387. The molecule has 0 bridgehead atoms. The van der Waals surface area contributed by atoms with Crippen LogP contribution in [0.5, 0.6) is 0 Å². The van der Waals surface area contributed by atoms with E-state index in [4.69, 9.17) is 9.11 Å². The van der Waals surface area contributed by atoms with Gasteiger partial charge >= 0.3 is 20.8 Å². The molecule has 84 valence electrons. The first-order valence-corrected chi connectivity index (χ1v) is 5.82. The minimum absolute atomic E-state index is 0.465. The Bertz CT molecular complexity index is 338. The van der Waals surface area contributed by atoms with Crippen molar-refractivity contribution in [1.29, 1.82) is 0 Å². The third kappa shape index (κ3) is 11.5. The first kappa shape index (κ1) is 13.5. The zero-order valence-corrected chi connectivity index (χ0v) is 8.36. The summed E-state index contributed by atoms with van der Waals surface area (Å²) in [7, 11) is -9.00. The molecule has 0 aromatic heterocycles. The van der Waals surface area contributed by atoms with Gasteiger partial charge in [0.25, 0.3) is 0 Å². The van der Waals surface area contributed by atoms with Gasteiger partial charge in [0.1, 0.15) is 0 Å². The van der Waals surface area contributed by atoms with Gasteiger partial charge in [0.15, 0.2) is 0 Å². The molecule has 0 aromatic carbocycles. The number of hydrogen-bond acceptors (Lipinski definition) is 6. The summed E-state index contributed by atoms with van der Waals surface area (Å²) in [6, 6.07) is 0. The summed E-state index contributed by atoms with van der Waals surface area (Å²) in [5.74, 6) is 0. The molecule has 0 aliphatic rings. The van der Waals surface area contributed by atoms with Crippen molar-refractivity contribution in [3.05, 3.63) is 12.2 Å². The van der Waals surface area contributed by atoms with Gasteiger partial charge in [-0.3, -0.25) is 9.11 Å². The minimum Gasteiger partial charge on any atom is -0.264 e. The molecule has 8 nitrogen and oxygen atoms in total. The summed E-state index contributed by atoms with van der Waals surface area (Å²) in [6.45, 7) is -0.929. The normalized spacial score (nSPS) is 13.6. The Balaban J connectivity index is 3.67. The zero-order chi connectivity index (χ0) is 11.2. The van der Waals surface area contributed by atoms with Gasteiger partial charge < -0.3 is 0 Å². The van der Waals surface area contributed by atoms with Gasteiger partial charge in [0.2, 0.25) is 0 Å². The second kappa shape index (κ2) is 5.38. The van der Waals surface area contributed by atoms with Gasteiger partial charge in [-0.15, -0.1) is 0 Å². The van der Waals surface area contributed by atoms with Crippen molar-refractivity contribution in [2.24, 2.45) is 0 Å². The van der Waals surface area contributed by atoms with Crippen molar-refractivity contribution in [2.75, 3.05) is 13.2 Å². The van der Waals surface area contributed by atoms with E-state index in [1.165, 1.54) is 0 Å². The van der Waals surface area contributed by atoms with Crippen molar-refractivity contribution in [2.45, 2.75) is 0 Å². The van der Waals surface area contributed by atoms with Gasteiger partial charge in [-0.05, 0) is 0 Å². The summed E-state index contributed by atoms with van der Waals surface area (Å²) >= 11 is 0. The quantitative estimate of drug-likeness (QED) is 0.461. The highest BCUT2D eigenvalue weighted by Crippen LogP contribution is 1.89. The predicted molar refractivity (Wildman–Crippen MR) is 44.1 cm³/mol. The topological polar surface area (TPSA) is 127 Å². The van der Waals surface area contributed by atoms with Crippen molar-refractivity contribution in [3.63, 3.8) is 0 Å². The standard InChI is InChI=1S/C4H8O8S2/c5-13(6,7)11-3-1-2-4-12-14(8,9)10/h1-2H,3-4H2,(H,5,6,7)(H,8,9,10). The Kier molecular flexibility index (Phi) is 5.18. The molecule has 0 fully saturated rings. The monoisotopic (exact) mass is 248 g/mol. The van der Waals surface area contributed by atoms with E-state index < -0.39 is 34.0 Å². The molecule has 2 N–H and O–H groups in total. The van der Waals surface area contributed by atoms with Crippen LogP contribution in [0.3, 0.4) is 0 Å². The van der Waals surface area contributed by atoms with Crippen LogP contribution in [0.1, 0.15) is 0 Å². The fourth-order valence-corrected chi connectivity index (χ4v) is 0.888. The largest absolute Gasteiger partial charge is 0.397 e. The maximum atomic E-state index is 9.96. The van der Waals surface area contributed by atoms with E-state index >= 15 is 0 Å². The van der Waals surface area contributed by atoms with Gasteiger partial charge in [0.05, 0.1) is 13.2 Å². The molecule has 0 heterocycles. The lowest BCUT2D eigenvalue weighted by molar-refractivity contribution is 0.287. The molecule has 0 radical (unpaired) electrons. The van der Waals surface area contributed by atoms with Gasteiger partial charge in [-0.2, -0.15) is 16.8 Å². The van der Waals surface area contributed by atoms with Crippen LogP contribution in [0.4, 0.5) is 0 Å². The maximum Gasteiger partial charge on any atom is 0.397 e. The van der Waals surface area contributed by atoms with Crippen molar-refractivity contribution >= 4 is 20.8 Å². The SMILES string of the molecule is O=S(=O)(O)OCC=CCOS(=O)(=O)O. The molecule has 0 atom stereocenters.